The van der Waals surface area contributed by atoms with E-state index in [4.69, 9.17) is 9.72 Å². The van der Waals surface area contributed by atoms with E-state index in [1.807, 2.05) is 48.5 Å². The summed E-state index contributed by atoms with van der Waals surface area (Å²) in [5, 5.41) is 6.01. The summed E-state index contributed by atoms with van der Waals surface area (Å²) in [6.45, 7) is 7.39. The third kappa shape index (κ3) is 5.86. The van der Waals surface area contributed by atoms with E-state index in [9.17, 15) is 9.59 Å². The van der Waals surface area contributed by atoms with E-state index in [1.54, 1.807) is 37.6 Å². The molecule has 6 rings (SSSR count). The maximum Gasteiger partial charge on any atom is 0.283 e. The molecule has 3 heterocycles. The molecule has 11 heteroatoms. The zero-order chi connectivity index (χ0) is 30.6. The molecule has 0 unspecified atom stereocenters. The first-order valence-electron chi connectivity index (χ1n) is 14.2. The van der Waals surface area contributed by atoms with Crippen LogP contribution in [-0.4, -0.2) is 70.7 Å². The monoisotopic (exact) mass is 588 g/mol. The van der Waals surface area contributed by atoms with Gasteiger partial charge in [-0.3, -0.25) is 14.2 Å². The molecule has 5 aromatic rings. The van der Waals surface area contributed by atoms with Gasteiger partial charge in [0.15, 0.2) is 5.65 Å². The van der Waals surface area contributed by atoms with Crippen LogP contribution in [0.4, 0.5) is 23.0 Å². The van der Waals surface area contributed by atoms with Gasteiger partial charge in [-0.2, -0.15) is 4.98 Å². The Hall–Kier alpha value is -5.55. The number of nitrogens with one attached hydrogen (secondary N) is 2. The molecule has 0 radical (unpaired) electrons. The van der Waals surface area contributed by atoms with Crippen molar-refractivity contribution in [3.8, 4) is 22.7 Å². The van der Waals surface area contributed by atoms with Gasteiger partial charge in [-0.05, 0) is 43.5 Å². The normalized spacial score (nSPS) is 13.5. The van der Waals surface area contributed by atoms with Crippen LogP contribution >= 0.6 is 0 Å². The number of likely N-dealkylation sites (N-methyl/N-ethyl adjacent to an activating group) is 1. The second-order valence-corrected chi connectivity index (χ2v) is 10.4. The molecule has 1 fully saturated rings. The fraction of sp³-hybridized carbons (Fsp3) is 0.182. The minimum atomic E-state index is -0.366. The number of hydrogen-bond acceptors (Lipinski definition) is 9. The van der Waals surface area contributed by atoms with Gasteiger partial charge in [-0.1, -0.05) is 43.0 Å². The number of carbonyl (C=O) groups is 1. The van der Waals surface area contributed by atoms with Crippen LogP contribution in [0, 0.1) is 0 Å². The van der Waals surface area contributed by atoms with Crippen molar-refractivity contribution in [3.63, 3.8) is 0 Å². The summed E-state index contributed by atoms with van der Waals surface area (Å²) in [6.07, 6.45) is 2.77. The number of aromatic nitrogens is 4. The molecule has 2 N–H and O–H groups in total. The Bertz CT molecular complexity index is 1900. The molecule has 1 amide bonds. The number of piperazine rings is 1. The van der Waals surface area contributed by atoms with Crippen LogP contribution in [0.2, 0.25) is 0 Å². The van der Waals surface area contributed by atoms with Crippen LogP contribution in [0.15, 0.2) is 96.4 Å². The Morgan fingerprint density at radius 3 is 2.50 bits per heavy atom. The summed E-state index contributed by atoms with van der Waals surface area (Å²) >= 11 is 0. The van der Waals surface area contributed by atoms with Crippen LogP contribution in [0.25, 0.3) is 28.1 Å². The van der Waals surface area contributed by atoms with Gasteiger partial charge in [0, 0.05) is 49.2 Å². The summed E-state index contributed by atoms with van der Waals surface area (Å²) in [7, 11) is 3.75. The predicted octanol–water partition coefficient (Wildman–Crippen LogP) is 4.47. The number of carbonyl (C=O) groups excluding carboxylic acids is 1. The van der Waals surface area contributed by atoms with Crippen LogP contribution < -0.4 is 25.8 Å². The number of fused-ring (bicyclic) bond motifs is 1. The SMILES string of the molecule is C=CC(=O)Nc1cccc(-n2c(=O)c(-c3ccccc3)nc3cnc(Nc4ccc(N5CCN(C)CC5)cc4OC)nc32)c1. The largest absolute Gasteiger partial charge is 0.494 e. The smallest absolute Gasteiger partial charge is 0.283 e. The first-order valence-corrected chi connectivity index (χ1v) is 14.2. The second-order valence-electron chi connectivity index (χ2n) is 10.4. The van der Waals surface area contributed by atoms with Gasteiger partial charge in [0.1, 0.15) is 17.0 Å². The maximum atomic E-state index is 14.0. The van der Waals surface area contributed by atoms with Gasteiger partial charge in [0.2, 0.25) is 11.9 Å². The lowest BCUT2D eigenvalue weighted by Gasteiger charge is -2.34. The second kappa shape index (κ2) is 12.4. The van der Waals surface area contributed by atoms with E-state index in [1.165, 1.54) is 10.6 Å². The third-order valence-corrected chi connectivity index (χ3v) is 7.50. The first-order chi connectivity index (χ1) is 21.4. The van der Waals surface area contributed by atoms with E-state index in [-0.39, 0.29) is 23.1 Å². The molecular formula is C33H32N8O3. The molecule has 44 heavy (non-hydrogen) atoms. The van der Waals surface area contributed by atoms with Crippen molar-refractivity contribution in [1.82, 2.24) is 24.4 Å². The summed E-state index contributed by atoms with van der Waals surface area (Å²) in [5.41, 5.74) is 4.04. The highest BCUT2D eigenvalue weighted by Crippen LogP contribution is 2.32. The minimum Gasteiger partial charge on any atom is -0.494 e. The molecule has 0 spiro atoms. The standard InChI is InChI=1S/C33H32N8O3/c1-4-29(42)35-23-11-8-12-25(19-23)41-31-27(36-30(32(41)43)22-9-6-5-7-10-22)21-34-33(38-31)37-26-14-13-24(20-28(26)44-3)40-17-15-39(2)16-18-40/h4-14,19-21H,1,15-18H2,2-3H3,(H,35,42)(H,34,37,38). The Morgan fingerprint density at radius 2 is 1.75 bits per heavy atom. The van der Waals surface area contributed by atoms with Crippen LogP contribution in [0.1, 0.15) is 0 Å². The van der Waals surface area contributed by atoms with Crippen LogP contribution in [0.5, 0.6) is 5.75 Å². The van der Waals surface area contributed by atoms with Gasteiger partial charge in [-0.15, -0.1) is 0 Å². The molecule has 1 aliphatic heterocycles. The lowest BCUT2D eigenvalue weighted by molar-refractivity contribution is -0.111. The number of anilines is 4. The van der Waals surface area contributed by atoms with Crippen molar-refractivity contribution in [2.24, 2.45) is 0 Å². The fourth-order valence-corrected chi connectivity index (χ4v) is 5.15. The van der Waals surface area contributed by atoms with E-state index in [0.717, 1.165) is 31.9 Å². The molecule has 0 bridgehead atoms. The van der Waals surface area contributed by atoms with Crippen LogP contribution in [-0.2, 0) is 4.79 Å². The summed E-state index contributed by atoms with van der Waals surface area (Å²) in [6, 6.07) is 22.2. The van der Waals surface area contributed by atoms with E-state index in [0.29, 0.717) is 39.5 Å². The Balaban J connectivity index is 1.43. The molecule has 11 nitrogen and oxygen atoms in total. The Kier molecular flexibility index (Phi) is 8.02. The van der Waals surface area contributed by atoms with E-state index in [2.05, 4.69) is 44.0 Å². The molecule has 2 aromatic heterocycles. The Labute approximate surface area is 254 Å². The molecule has 0 saturated carbocycles. The van der Waals surface area contributed by atoms with Gasteiger partial charge in [0.25, 0.3) is 5.56 Å². The lowest BCUT2D eigenvalue weighted by Crippen LogP contribution is -2.44. The molecular weight excluding hydrogens is 556 g/mol. The summed E-state index contributed by atoms with van der Waals surface area (Å²) in [5.74, 6) is 0.549. The minimum absolute atomic E-state index is 0.254. The highest BCUT2D eigenvalue weighted by molar-refractivity contribution is 5.99. The number of ether oxygens (including phenoxy) is 1. The van der Waals surface area contributed by atoms with Crippen molar-refractivity contribution in [3.05, 3.63) is 102 Å². The van der Waals surface area contributed by atoms with Crippen molar-refractivity contribution in [2.75, 3.05) is 55.9 Å². The summed E-state index contributed by atoms with van der Waals surface area (Å²) in [4.78, 5) is 44.6. The topological polar surface area (TPSA) is 118 Å². The fourth-order valence-electron chi connectivity index (χ4n) is 5.15. The highest BCUT2D eigenvalue weighted by Gasteiger charge is 2.19. The molecule has 0 aliphatic carbocycles. The van der Waals surface area contributed by atoms with Gasteiger partial charge in [0.05, 0.1) is 24.7 Å². The average molecular weight is 589 g/mol. The third-order valence-electron chi connectivity index (χ3n) is 7.50. The number of nitrogens with zero attached hydrogens (tertiary/aromatic N) is 6. The van der Waals surface area contributed by atoms with Crippen LogP contribution in [0.3, 0.4) is 0 Å². The zero-order valence-electron chi connectivity index (χ0n) is 24.5. The molecule has 1 saturated heterocycles. The number of rotatable bonds is 8. The maximum absolute atomic E-state index is 14.0. The average Bonchev–Trinajstić information content (AvgIpc) is 3.05. The molecule has 1 aliphatic rings. The van der Waals surface area contributed by atoms with E-state index < -0.39 is 0 Å². The number of amides is 1. The predicted molar refractivity (Wildman–Crippen MR) is 173 cm³/mol. The zero-order valence-corrected chi connectivity index (χ0v) is 24.5. The first kappa shape index (κ1) is 28.6. The van der Waals surface area contributed by atoms with Gasteiger partial charge in [-0.25, -0.2) is 9.97 Å². The molecule has 0 atom stereocenters. The van der Waals surface area contributed by atoms with E-state index >= 15 is 0 Å². The number of methoxy groups -OCH3 is 1. The number of benzene rings is 3. The van der Waals surface area contributed by atoms with Crippen molar-refractivity contribution in [2.45, 2.75) is 0 Å². The van der Waals surface area contributed by atoms with Gasteiger partial charge >= 0.3 is 0 Å². The molecule has 222 valence electrons. The molecule has 3 aromatic carbocycles. The Morgan fingerprint density at radius 1 is 0.955 bits per heavy atom. The van der Waals surface area contributed by atoms with Crippen molar-refractivity contribution >= 4 is 40.1 Å². The lowest BCUT2D eigenvalue weighted by atomic mass is 10.1. The summed E-state index contributed by atoms with van der Waals surface area (Å²) < 4.78 is 7.21. The highest BCUT2D eigenvalue weighted by atomic mass is 16.5. The van der Waals surface area contributed by atoms with Crippen molar-refractivity contribution < 1.29 is 9.53 Å². The number of hydrogen-bond donors (Lipinski definition) is 2. The van der Waals surface area contributed by atoms with Gasteiger partial charge < -0.3 is 25.2 Å². The van der Waals surface area contributed by atoms with Crippen molar-refractivity contribution in [1.29, 1.82) is 0 Å². The quantitative estimate of drug-likeness (QED) is 0.253.